The third kappa shape index (κ3) is 3.80. The van der Waals surface area contributed by atoms with Crippen LogP contribution in [0.2, 0.25) is 0 Å². The molecule has 1 saturated carbocycles. The highest BCUT2D eigenvalue weighted by molar-refractivity contribution is 7.89. The van der Waals surface area contributed by atoms with E-state index in [2.05, 4.69) is 5.10 Å². The van der Waals surface area contributed by atoms with Gasteiger partial charge in [-0.05, 0) is 38.1 Å². The number of nitrogens with two attached hydrogens (primary N) is 1. The molecule has 0 radical (unpaired) electrons. The Morgan fingerprint density at radius 1 is 1.50 bits per heavy atom. The fraction of sp³-hybridized carbons (Fsp3) is 0.769. The topological polar surface area (TPSA) is 81.2 Å². The first-order valence-corrected chi connectivity index (χ1v) is 8.74. The van der Waals surface area contributed by atoms with Gasteiger partial charge >= 0.3 is 0 Å². The lowest BCUT2D eigenvalue weighted by Crippen LogP contribution is -2.33. The Morgan fingerprint density at radius 3 is 2.85 bits per heavy atom. The van der Waals surface area contributed by atoms with Crippen molar-refractivity contribution in [2.45, 2.75) is 44.0 Å². The van der Waals surface area contributed by atoms with Crippen molar-refractivity contribution in [3.8, 4) is 0 Å². The van der Waals surface area contributed by atoms with Crippen molar-refractivity contribution in [1.82, 2.24) is 14.1 Å². The summed E-state index contributed by atoms with van der Waals surface area (Å²) in [5.41, 5.74) is 5.45. The molecule has 1 aromatic heterocycles. The van der Waals surface area contributed by atoms with Gasteiger partial charge in [0.1, 0.15) is 4.90 Å². The summed E-state index contributed by atoms with van der Waals surface area (Å²) in [4.78, 5) is 0.295. The van der Waals surface area contributed by atoms with Crippen LogP contribution in [0.1, 0.15) is 32.6 Å². The molecular formula is C13H24N4O2S. The van der Waals surface area contributed by atoms with Gasteiger partial charge < -0.3 is 5.73 Å². The SMILES string of the molecule is CCCN(CC1CC1)S(=O)(=O)c1cnn(CCCN)c1. The number of nitrogens with zero attached hydrogens (tertiary/aromatic N) is 3. The fourth-order valence-corrected chi connectivity index (χ4v) is 3.71. The van der Waals surface area contributed by atoms with Gasteiger partial charge in [0.05, 0.1) is 6.20 Å². The minimum Gasteiger partial charge on any atom is -0.330 e. The fourth-order valence-electron chi connectivity index (χ4n) is 2.15. The zero-order valence-electron chi connectivity index (χ0n) is 12.0. The zero-order chi connectivity index (χ0) is 14.6. The van der Waals surface area contributed by atoms with Gasteiger partial charge in [-0.15, -0.1) is 0 Å². The summed E-state index contributed by atoms with van der Waals surface area (Å²) in [6, 6.07) is 0. The summed E-state index contributed by atoms with van der Waals surface area (Å²) in [5.74, 6) is 0.545. The first-order chi connectivity index (χ1) is 9.57. The first kappa shape index (κ1) is 15.5. The Hall–Kier alpha value is -0.920. The molecule has 1 heterocycles. The summed E-state index contributed by atoms with van der Waals surface area (Å²) in [6.45, 7) is 4.45. The Bertz CT molecular complexity index is 522. The van der Waals surface area contributed by atoms with Crippen molar-refractivity contribution in [3.63, 3.8) is 0 Å². The van der Waals surface area contributed by atoms with Gasteiger partial charge in [-0.25, -0.2) is 8.42 Å². The normalized spacial score (nSPS) is 15.9. The third-order valence-corrected chi connectivity index (χ3v) is 5.29. The Labute approximate surface area is 121 Å². The molecule has 0 aliphatic heterocycles. The third-order valence-electron chi connectivity index (χ3n) is 3.47. The largest absolute Gasteiger partial charge is 0.330 e. The van der Waals surface area contributed by atoms with E-state index < -0.39 is 10.0 Å². The van der Waals surface area contributed by atoms with Crippen LogP contribution < -0.4 is 5.73 Å². The van der Waals surface area contributed by atoms with Gasteiger partial charge in [0.25, 0.3) is 0 Å². The van der Waals surface area contributed by atoms with E-state index in [9.17, 15) is 8.42 Å². The van der Waals surface area contributed by atoms with Crippen LogP contribution in [-0.4, -0.2) is 42.1 Å². The van der Waals surface area contributed by atoms with E-state index in [1.54, 1.807) is 15.2 Å². The van der Waals surface area contributed by atoms with Crippen LogP contribution in [0, 0.1) is 5.92 Å². The van der Waals surface area contributed by atoms with E-state index in [4.69, 9.17) is 5.73 Å². The van der Waals surface area contributed by atoms with Crippen LogP contribution in [0.4, 0.5) is 0 Å². The Morgan fingerprint density at radius 2 is 2.25 bits per heavy atom. The van der Waals surface area contributed by atoms with Crippen molar-refractivity contribution in [2.24, 2.45) is 11.7 Å². The average Bonchev–Trinajstić information content (AvgIpc) is 3.10. The van der Waals surface area contributed by atoms with Gasteiger partial charge in [-0.3, -0.25) is 4.68 Å². The highest BCUT2D eigenvalue weighted by Crippen LogP contribution is 2.31. The quantitative estimate of drug-likeness (QED) is 0.739. The molecule has 7 heteroatoms. The van der Waals surface area contributed by atoms with E-state index in [1.807, 2.05) is 6.92 Å². The molecule has 1 aliphatic carbocycles. The lowest BCUT2D eigenvalue weighted by molar-refractivity contribution is 0.395. The molecule has 6 nitrogen and oxygen atoms in total. The average molecular weight is 300 g/mol. The highest BCUT2D eigenvalue weighted by atomic mass is 32.2. The van der Waals surface area contributed by atoms with Crippen LogP contribution in [0.3, 0.4) is 0 Å². The van der Waals surface area contributed by atoms with E-state index in [1.165, 1.54) is 6.20 Å². The molecule has 1 aliphatic rings. The van der Waals surface area contributed by atoms with E-state index in [0.29, 0.717) is 37.0 Å². The highest BCUT2D eigenvalue weighted by Gasteiger charge is 2.31. The monoisotopic (exact) mass is 300 g/mol. The second-order valence-electron chi connectivity index (χ2n) is 5.39. The van der Waals surface area contributed by atoms with Crippen LogP contribution >= 0.6 is 0 Å². The Kier molecular flexibility index (Phi) is 5.17. The molecule has 20 heavy (non-hydrogen) atoms. The van der Waals surface area contributed by atoms with Gasteiger partial charge in [0.15, 0.2) is 0 Å². The number of rotatable bonds is 9. The smallest absolute Gasteiger partial charge is 0.246 e. The number of aryl methyl sites for hydroxylation is 1. The summed E-state index contributed by atoms with van der Waals surface area (Å²) in [7, 11) is -3.40. The lowest BCUT2D eigenvalue weighted by Gasteiger charge is -2.20. The minimum absolute atomic E-state index is 0.295. The van der Waals surface area contributed by atoms with Crippen LogP contribution in [-0.2, 0) is 16.6 Å². The number of hydrogen-bond donors (Lipinski definition) is 1. The summed E-state index contributed by atoms with van der Waals surface area (Å²) in [5, 5.41) is 4.11. The molecule has 0 spiro atoms. The molecule has 2 N–H and O–H groups in total. The predicted octanol–water partition coefficient (Wildman–Crippen LogP) is 1.04. The van der Waals surface area contributed by atoms with Crippen LogP contribution in [0.5, 0.6) is 0 Å². The van der Waals surface area contributed by atoms with Crippen molar-refractivity contribution in [3.05, 3.63) is 12.4 Å². The van der Waals surface area contributed by atoms with Crippen molar-refractivity contribution < 1.29 is 8.42 Å². The predicted molar refractivity (Wildman–Crippen MR) is 77.7 cm³/mol. The van der Waals surface area contributed by atoms with E-state index in [0.717, 1.165) is 25.7 Å². The van der Waals surface area contributed by atoms with Gasteiger partial charge in [0, 0.05) is 25.8 Å². The standard InChI is InChI=1S/C13H24N4O2S/c1-2-7-17(10-12-4-5-12)20(18,19)13-9-15-16(11-13)8-3-6-14/h9,11-12H,2-8,10,14H2,1H3. The summed E-state index contributed by atoms with van der Waals surface area (Å²) < 4.78 is 28.5. The maximum Gasteiger partial charge on any atom is 0.246 e. The van der Waals surface area contributed by atoms with Crippen molar-refractivity contribution in [2.75, 3.05) is 19.6 Å². The lowest BCUT2D eigenvalue weighted by atomic mass is 10.4. The van der Waals surface area contributed by atoms with E-state index in [-0.39, 0.29) is 0 Å². The van der Waals surface area contributed by atoms with Gasteiger partial charge in [-0.2, -0.15) is 9.40 Å². The molecule has 0 amide bonds. The number of aromatic nitrogens is 2. The van der Waals surface area contributed by atoms with Gasteiger partial charge in [-0.1, -0.05) is 6.92 Å². The molecule has 0 saturated heterocycles. The molecule has 0 atom stereocenters. The van der Waals surface area contributed by atoms with Crippen molar-refractivity contribution in [1.29, 1.82) is 0 Å². The molecule has 114 valence electrons. The second-order valence-corrected chi connectivity index (χ2v) is 7.33. The first-order valence-electron chi connectivity index (χ1n) is 7.30. The second kappa shape index (κ2) is 6.69. The van der Waals surface area contributed by atoms with E-state index >= 15 is 0 Å². The number of hydrogen-bond acceptors (Lipinski definition) is 4. The summed E-state index contributed by atoms with van der Waals surface area (Å²) in [6.07, 6.45) is 6.97. The molecule has 1 fully saturated rings. The zero-order valence-corrected chi connectivity index (χ0v) is 12.8. The molecule has 1 aromatic rings. The minimum atomic E-state index is -3.40. The van der Waals surface area contributed by atoms with Crippen LogP contribution in [0.25, 0.3) is 0 Å². The molecule has 0 bridgehead atoms. The molecular weight excluding hydrogens is 276 g/mol. The number of sulfonamides is 1. The molecule has 0 aromatic carbocycles. The Balaban J connectivity index is 2.11. The van der Waals surface area contributed by atoms with Crippen molar-refractivity contribution >= 4 is 10.0 Å². The maximum atomic E-state index is 12.6. The van der Waals surface area contributed by atoms with Gasteiger partial charge in [0.2, 0.25) is 10.0 Å². The maximum absolute atomic E-state index is 12.6. The molecule has 2 rings (SSSR count). The van der Waals surface area contributed by atoms with Crippen LogP contribution in [0.15, 0.2) is 17.3 Å². The summed E-state index contributed by atoms with van der Waals surface area (Å²) >= 11 is 0. The molecule has 0 unspecified atom stereocenters.